The molecule has 2 aromatic carbocycles. The molecule has 6 heteroatoms. The van der Waals surface area contributed by atoms with Crippen molar-refractivity contribution in [2.45, 2.75) is 12.6 Å². The van der Waals surface area contributed by atoms with E-state index in [1.807, 2.05) is 18.2 Å². The van der Waals surface area contributed by atoms with Gasteiger partial charge < -0.3 is 14.8 Å². The largest absolute Gasteiger partial charge is 0.465 e. The predicted octanol–water partition coefficient (Wildman–Crippen LogP) is 2.50. The highest BCUT2D eigenvalue weighted by Gasteiger charge is 2.20. The summed E-state index contributed by atoms with van der Waals surface area (Å²) in [7, 11) is 1.34. The first kappa shape index (κ1) is 20.8. The Morgan fingerprint density at radius 2 is 1.93 bits per heavy atom. The van der Waals surface area contributed by atoms with Gasteiger partial charge in [-0.1, -0.05) is 42.5 Å². The number of hydrogen-bond acceptors (Lipinski definition) is 5. The van der Waals surface area contributed by atoms with Gasteiger partial charge in [0, 0.05) is 32.3 Å². The Balaban J connectivity index is 1.43. The molecule has 0 bridgehead atoms. The van der Waals surface area contributed by atoms with Crippen molar-refractivity contribution in [1.82, 2.24) is 10.2 Å². The molecule has 1 aliphatic heterocycles. The summed E-state index contributed by atoms with van der Waals surface area (Å²) < 4.78 is 10.4. The summed E-state index contributed by atoms with van der Waals surface area (Å²) in [5.74, 6) is -0.558. The summed E-state index contributed by atoms with van der Waals surface area (Å²) in [6.07, 6.45) is 3.17. The normalized spacial score (nSPS) is 17.2. The summed E-state index contributed by atoms with van der Waals surface area (Å²) in [4.78, 5) is 25.9. The third-order valence-corrected chi connectivity index (χ3v) is 4.73. The SMILES string of the molecule is COC(=O)c1ccc(/C=C/C(=O)NCC2CN(Cc3ccccc3)CCO2)cc1. The number of carbonyl (C=O) groups excluding carboxylic acids is 2. The minimum Gasteiger partial charge on any atom is -0.465 e. The topological polar surface area (TPSA) is 67.9 Å². The molecule has 0 spiro atoms. The Bertz CT molecular complexity index is 834. The molecule has 6 nitrogen and oxygen atoms in total. The monoisotopic (exact) mass is 394 g/mol. The van der Waals surface area contributed by atoms with E-state index >= 15 is 0 Å². The molecule has 1 amide bonds. The van der Waals surface area contributed by atoms with Gasteiger partial charge in [0.2, 0.25) is 5.91 Å². The zero-order chi connectivity index (χ0) is 20.5. The average molecular weight is 394 g/mol. The smallest absolute Gasteiger partial charge is 0.337 e. The van der Waals surface area contributed by atoms with Crippen molar-refractivity contribution in [3.8, 4) is 0 Å². The summed E-state index contributed by atoms with van der Waals surface area (Å²) in [6, 6.07) is 17.2. The van der Waals surface area contributed by atoms with Gasteiger partial charge in [0.05, 0.1) is 25.4 Å². The molecular formula is C23H26N2O4. The maximum absolute atomic E-state index is 12.1. The van der Waals surface area contributed by atoms with Crippen LogP contribution in [0.25, 0.3) is 6.08 Å². The summed E-state index contributed by atoms with van der Waals surface area (Å²) in [5.41, 5.74) is 2.58. The summed E-state index contributed by atoms with van der Waals surface area (Å²) in [5, 5.41) is 2.89. The fourth-order valence-electron chi connectivity index (χ4n) is 3.18. The number of ether oxygens (including phenoxy) is 2. The minimum absolute atomic E-state index is 0.0239. The lowest BCUT2D eigenvalue weighted by Crippen LogP contribution is -2.46. The molecule has 1 aliphatic rings. The van der Waals surface area contributed by atoms with Crippen LogP contribution in [0.15, 0.2) is 60.7 Å². The molecule has 0 aliphatic carbocycles. The molecule has 1 N–H and O–H groups in total. The van der Waals surface area contributed by atoms with Crippen LogP contribution in [0, 0.1) is 0 Å². The number of esters is 1. The number of amides is 1. The lowest BCUT2D eigenvalue weighted by atomic mass is 10.1. The Labute approximate surface area is 171 Å². The number of nitrogens with one attached hydrogen (secondary N) is 1. The number of morpholine rings is 1. The first-order valence-electron chi connectivity index (χ1n) is 9.66. The molecule has 0 aromatic heterocycles. The van der Waals surface area contributed by atoms with Crippen molar-refractivity contribution in [2.24, 2.45) is 0 Å². The molecule has 1 heterocycles. The Hall–Kier alpha value is -2.96. The van der Waals surface area contributed by atoms with Crippen LogP contribution < -0.4 is 5.32 Å². The Morgan fingerprint density at radius 3 is 2.66 bits per heavy atom. The van der Waals surface area contributed by atoms with E-state index in [9.17, 15) is 9.59 Å². The second-order valence-corrected chi connectivity index (χ2v) is 6.91. The number of hydrogen-bond donors (Lipinski definition) is 1. The summed E-state index contributed by atoms with van der Waals surface area (Å²) in [6.45, 7) is 3.69. The lowest BCUT2D eigenvalue weighted by Gasteiger charge is -2.33. The van der Waals surface area contributed by atoms with Crippen molar-refractivity contribution in [3.63, 3.8) is 0 Å². The van der Waals surface area contributed by atoms with Gasteiger partial charge in [0.25, 0.3) is 0 Å². The molecule has 0 radical (unpaired) electrons. The third-order valence-electron chi connectivity index (χ3n) is 4.73. The molecule has 1 fully saturated rings. The average Bonchev–Trinajstić information content (AvgIpc) is 2.77. The van der Waals surface area contributed by atoms with Crippen LogP contribution in [0.2, 0.25) is 0 Å². The van der Waals surface area contributed by atoms with Gasteiger partial charge in [-0.25, -0.2) is 4.79 Å². The highest BCUT2D eigenvalue weighted by Crippen LogP contribution is 2.10. The Kier molecular flexibility index (Phi) is 7.55. The van der Waals surface area contributed by atoms with E-state index in [2.05, 4.69) is 27.1 Å². The van der Waals surface area contributed by atoms with E-state index < -0.39 is 0 Å². The highest BCUT2D eigenvalue weighted by molar-refractivity contribution is 5.92. The van der Waals surface area contributed by atoms with Crippen LogP contribution in [-0.2, 0) is 20.8 Å². The predicted molar refractivity (Wildman–Crippen MR) is 111 cm³/mol. The molecule has 0 saturated carbocycles. The molecule has 3 rings (SSSR count). The van der Waals surface area contributed by atoms with Gasteiger partial charge in [-0.05, 0) is 29.3 Å². The van der Waals surface area contributed by atoms with Gasteiger partial charge in [-0.3, -0.25) is 9.69 Å². The molecule has 152 valence electrons. The van der Waals surface area contributed by atoms with Crippen molar-refractivity contribution < 1.29 is 19.1 Å². The number of nitrogens with zero attached hydrogens (tertiary/aromatic N) is 1. The van der Waals surface area contributed by atoms with Crippen molar-refractivity contribution in [3.05, 3.63) is 77.4 Å². The molecule has 1 atom stereocenters. The highest BCUT2D eigenvalue weighted by atomic mass is 16.5. The molecule has 1 unspecified atom stereocenters. The van der Waals surface area contributed by atoms with Gasteiger partial charge in [0.1, 0.15) is 0 Å². The number of rotatable bonds is 7. The van der Waals surface area contributed by atoms with Gasteiger partial charge in [-0.2, -0.15) is 0 Å². The fourth-order valence-corrected chi connectivity index (χ4v) is 3.18. The van der Waals surface area contributed by atoms with E-state index in [1.54, 1.807) is 30.3 Å². The number of methoxy groups -OCH3 is 1. The van der Waals surface area contributed by atoms with E-state index in [1.165, 1.54) is 18.7 Å². The van der Waals surface area contributed by atoms with Crippen LogP contribution in [-0.4, -0.2) is 56.2 Å². The zero-order valence-corrected chi connectivity index (χ0v) is 16.5. The molecule has 29 heavy (non-hydrogen) atoms. The lowest BCUT2D eigenvalue weighted by molar-refractivity contribution is -0.117. The van der Waals surface area contributed by atoms with Crippen LogP contribution >= 0.6 is 0 Å². The van der Waals surface area contributed by atoms with E-state index in [-0.39, 0.29) is 18.0 Å². The van der Waals surface area contributed by atoms with Gasteiger partial charge in [0.15, 0.2) is 0 Å². The standard InChI is InChI=1S/C23H26N2O4/c1-28-23(27)20-10-7-18(8-11-20)9-12-22(26)24-15-21-17-25(13-14-29-21)16-19-5-3-2-4-6-19/h2-12,21H,13-17H2,1H3,(H,24,26)/b12-9+. The van der Waals surface area contributed by atoms with Crippen LogP contribution in [0.3, 0.4) is 0 Å². The first-order chi connectivity index (χ1) is 14.1. The maximum atomic E-state index is 12.1. The van der Waals surface area contributed by atoms with Crippen molar-refractivity contribution in [1.29, 1.82) is 0 Å². The van der Waals surface area contributed by atoms with E-state index in [4.69, 9.17) is 4.74 Å². The van der Waals surface area contributed by atoms with Crippen molar-refractivity contribution in [2.75, 3.05) is 33.4 Å². The second-order valence-electron chi connectivity index (χ2n) is 6.91. The first-order valence-corrected chi connectivity index (χ1v) is 9.66. The van der Waals surface area contributed by atoms with E-state index in [0.717, 1.165) is 25.2 Å². The second kappa shape index (κ2) is 10.5. The van der Waals surface area contributed by atoms with Crippen molar-refractivity contribution >= 4 is 18.0 Å². The van der Waals surface area contributed by atoms with Gasteiger partial charge in [-0.15, -0.1) is 0 Å². The van der Waals surface area contributed by atoms with Gasteiger partial charge >= 0.3 is 5.97 Å². The fraction of sp³-hybridized carbons (Fsp3) is 0.304. The van der Waals surface area contributed by atoms with Crippen LogP contribution in [0.1, 0.15) is 21.5 Å². The quantitative estimate of drug-likeness (QED) is 0.577. The van der Waals surface area contributed by atoms with E-state index in [0.29, 0.717) is 18.7 Å². The molecule has 2 aromatic rings. The van der Waals surface area contributed by atoms with Crippen LogP contribution in [0.5, 0.6) is 0 Å². The summed E-state index contributed by atoms with van der Waals surface area (Å²) >= 11 is 0. The maximum Gasteiger partial charge on any atom is 0.337 e. The Morgan fingerprint density at radius 1 is 1.17 bits per heavy atom. The zero-order valence-electron chi connectivity index (χ0n) is 16.5. The third kappa shape index (κ3) is 6.55. The molecule has 1 saturated heterocycles. The number of benzene rings is 2. The van der Waals surface area contributed by atoms with Crippen LogP contribution in [0.4, 0.5) is 0 Å². The minimum atomic E-state index is -0.382. The number of carbonyl (C=O) groups is 2. The molecular weight excluding hydrogens is 368 g/mol.